The topological polar surface area (TPSA) is 139 Å². The molecular weight excluding hydrogens is 460 g/mol. The standard InChI is InChI=1S/C27H22N4O5/c28-24(33)18-7-5-17(6-8-18)16-3-1-15(2-4-16)14-29-19-9-10-20-21(13-19)27(36)31(26(20)35)22-11-12-23(32)30-25(22)34/h1-10,13,22,29H,11-12,14H2,(H2,28,33)(H,30,32,34). The molecule has 180 valence electrons. The van der Waals surface area contributed by atoms with Gasteiger partial charge in [0.2, 0.25) is 17.7 Å². The van der Waals surface area contributed by atoms with Gasteiger partial charge in [-0.05, 0) is 53.4 Å². The number of nitrogens with two attached hydrogens (primary N) is 1. The van der Waals surface area contributed by atoms with Crippen LogP contribution in [0.15, 0.2) is 66.7 Å². The summed E-state index contributed by atoms with van der Waals surface area (Å²) in [7, 11) is 0. The van der Waals surface area contributed by atoms with Crippen molar-refractivity contribution in [3.05, 3.63) is 89.0 Å². The van der Waals surface area contributed by atoms with E-state index in [1.165, 1.54) is 0 Å². The van der Waals surface area contributed by atoms with Gasteiger partial charge in [0.05, 0.1) is 11.1 Å². The van der Waals surface area contributed by atoms with E-state index in [-0.39, 0.29) is 24.0 Å². The second-order valence-corrected chi connectivity index (χ2v) is 8.70. The molecule has 2 aliphatic rings. The molecule has 0 bridgehead atoms. The molecule has 9 heteroatoms. The summed E-state index contributed by atoms with van der Waals surface area (Å²) in [5, 5.41) is 5.45. The zero-order chi connectivity index (χ0) is 25.4. The lowest BCUT2D eigenvalue weighted by Gasteiger charge is -2.27. The highest BCUT2D eigenvalue weighted by Crippen LogP contribution is 2.30. The zero-order valence-electron chi connectivity index (χ0n) is 19.1. The number of hydrogen-bond donors (Lipinski definition) is 3. The Balaban J connectivity index is 1.26. The number of benzene rings is 3. The zero-order valence-corrected chi connectivity index (χ0v) is 19.1. The maximum atomic E-state index is 13.0. The van der Waals surface area contributed by atoms with Crippen molar-refractivity contribution < 1.29 is 24.0 Å². The number of carbonyl (C=O) groups is 5. The maximum Gasteiger partial charge on any atom is 0.262 e. The second kappa shape index (κ2) is 9.10. The number of carbonyl (C=O) groups excluding carboxylic acids is 5. The Morgan fingerprint density at radius 2 is 1.53 bits per heavy atom. The van der Waals surface area contributed by atoms with Gasteiger partial charge in [0.25, 0.3) is 11.8 Å². The van der Waals surface area contributed by atoms with Crippen LogP contribution in [0.3, 0.4) is 0 Å². The Morgan fingerprint density at radius 1 is 0.889 bits per heavy atom. The molecule has 1 atom stereocenters. The van der Waals surface area contributed by atoms with Crippen LogP contribution in [0.25, 0.3) is 11.1 Å². The third kappa shape index (κ3) is 4.22. The first-order chi connectivity index (χ1) is 17.3. The molecular formula is C27H22N4O5. The summed E-state index contributed by atoms with van der Waals surface area (Å²) in [5.41, 5.74) is 9.82. The number of rotatable bonds is 6. The number of piperidine rings is 1. The van der Waals surface area contributed by atoms with Crippen molar-refractivity contribution in [1.82, 2.24) is 10.2 Å². The summed E-state index contributed by atoms with van der Waals surface area (Å²) in [4.78, 5) is 61.6. The average Bonchev–Trinajstić information content (AvgIpc) is 3.12. The first-order valence-electron chi connectivity index (χ1n) is 11.4. The van der Waals surface area contributed by atoms with E-state index < -0.39 is 35.6 Å². The number of nitrogens with one attached hydrogen (secondary N) is 2. The molecule has 4 N–H and O–H groups in total. The van der Waals surface area contributed by atoms with Gasteiger partial charge in [0.1, 0.15) is 6.04 Å². The molecule has 9 nitrogen and oxygen atoms in total. The average molecular weight is 482 g/mol. The fourth-order valence-corrected chi connectivity index (χ4v) is 4.43. The van der Waals surface area contributed by atoms with Gasteiger partial charge in [-0.2, -0.15) is 0 Å². The third-order valence-electron chi connectivity index (χ3n) is 6.39. The van der Waals surface area contributed by atoms with Gasteiger partial charge < -0.3 is 11.1 Å². The Hall–Kier alpha value is -4.79. The van der Waals surface area contributed by atoms with Crippen LogP contribution < -0.4 is 16.4 Å². The van der Waals surface area contributed by atoms with Crippen LogP contribution in [-0.2, 0) is 16.1 Å². The van der Waals surface area contributed by atoms with E-state index in [0.717, 1.165) is 21.6 Å². The molecule has 0 spiro atoms. The molecule has 2 heterocycles. The van der Waals surface area contributed by atoms with E-state index in [1.807, 2.05) is 36.4 Å². The van der Waals surface area contributed by atoms with Crippen LogP contribution in [0.1, 0.15) is 49.5 Å². The lowest BCUT2D eigenvalue weighted by molar-refractivity contribution is -0.136. The number of fused-ring (bicyclic) bond motifs is 1. The van der Waals surface area contributed by atoms with E-state index in [0.29, 0.717) is 17.8 Å². The van der Waals surface area contributed by atoms with Gasteiger partial charge in [-0.25, -0.2) is 0 Å². The monoisotopic (exact) mass is 482 g/mol. The summed E-state index contributed by atoms with van der Waals surface area (Å²) in [6, 6.07) is 18.8. The normalized spacial score (nSPS) is 17.1. The fourth-order valence-electron chi connectivity index (χ4n) is 4.43. The summed E-state index contributed by atoms with van der Waals surface area (Å²) in [6.45, 7) is 0.485. The fraction of sp³-hybridized carbons (Fsp3) is 0.148. The lowest BCUT2D eigenvalue weighted by Crippen LogP contribution is -2.54. The SMILES string of the molecule is NC(=O)c1ccc(-c2ccc(CNc3ccc4c(c3)C(=O)N(C3CCC(=O)NC3=O)C4=O)cc2)cc1. The Labute approximate surface area is 206 Å². The van der Waals surface area contributed by atoms with E-state index in [2.05, 4.69) is 10.6 Å². The van der Waals surface area contributed by atoms with Crippen molar-refractivity contribution in [3.8, 4) is 11.1 Å². The van der Waals surface area contributed by atoms with Gasteiger partial charge >= 0.3 is 0 Å². The summed E-state index contributed by atoms with van der Waals surface area (Å²) in [6.07, 6.45) is 0.195. The van der Waals surface area contributed by atoms with Crippen molar-refractivity contribution in [2.45, 2.75) is 25.4 Å². The van der Waals surface area contributed by atoms with Gasteiger partial charge in [-0.1, -0.05) is 36.4 Å². The first-order valence-corrected chi connectivity index (χ1v) is 11.4. The number of anilines is 1. The molecule has 1 unspecified atom stereocenters. The number of primary amides is 1. The van der Waals surface area contributed by atoms with E-state index in [9.17, 15) is 24.0 Å². The number of imide groups is 2. The summed E-state index contributed by atoms with van der Waals surface area (Å²) < 4.78 is 0. The van der Waals surface area contributed by atoms with Crippen LogP contribution in [-0.4, -0.2) is 40.5 Å². The van der Waals surface area contributed by atoms with Gasteiger partial charge in [0.15, 0.2) is 0 Å². The minimum atomic E-state index is -0.989. The van der Waals surface area contributed by atoms with Crippen molar-refractivity contribution >= 4 is 35.2 Å². The molecule has 3 aromatic carbocycles. The van der Waals surface area contributed by atoms with Crippen molar-refractivity contribution in [2.75, 3.05) is 5.32 Å². The molecule has 5 amide bonds. The van der Waals surface area contributed by atoms with Gasteiger partial charge in [-0.3, -0.25) is 34.2 Å². The number of amides is 5. The third-order valence-corrected chi connectivity index (χ3v) is 6.39. The maximum absolute atomic E-state index is 13.0. The van der Waals surface area contributed by atoms with Gasteiger partial charge in [0, 0.05) is 24.2 Å². The van der Waals surface area contributed by atoms with Crippen molar-refractivity contribution in [1.29, 1.82) is 0 Å². The number of hydrogen-bond acceptors (Lipinski definition) is 6. The largest absolute Gasteiger partial charge is 0.381 e. The van der Waals surface area contributed by atoms with Crippen molar-refractivity contribution in [2.24, 2.45) is 5.73 Å². The second-order valence-electron chi connectivity index (χ2n) is 8.70. The highest BCUT2D eigenvalue weighted by Gasteiger charge is 2.44. The Kier molecular flexibility index (Phi) is 5.81. The summed E-state index contributed by atoms with van der Waals surface area (Å²) in [5.74, 6) is -2.58. The Morgan fingerprint density at radius 3 is 2.17 bits per heavy atom. The quantitative estimate of drug-likeness (QED) is 0.462. The lowest BCUT2D eigenvalue weighted by atomic mass is 10.0. The molecule has 0 saturated carbocycles. The highest BCUT2D eigenvalue weighted by molar-refractivity contribution is 6.23. The minimum Gasteiger partial charge on any atom is -0.381 e. The molecule has 0 aliphatic carbocycles. The highest BCUT2D eigenvalue weighted by atomic mass is 16.2. The van der Waals surface area contributed by atoms with Crippen LogP contribution in [0, 0.1) is 0 Å². The predicted molar refractivity (Wildman–Crippen MR) is 131 cm³/mol. The van der Waals surface area contributed by atoms with E-state index in [1.54, 1.807) is 30.3 Å². The van der Waals surface area contributed by atoms with E-state index in [4.69, 9.17) is 5.73 Å². The predicted octanol–water partition coefficient (Wildman–Crippen LogP) is 2.47. The molecule has 3 aromatic rings. The molecule has 2 aliphatic heterocycles. The minimum absolute atomic E-state index is 0.0775. The molecule has 5 rings (SSSR count). The molecule has 0 radical (unpaired) electrons. The Bertz CT molecular complexity index is 1410. The molecule has 1 fully saturated rings. The smallest absolute Gasteiger partial charge is 0.262 e. The van der Waals surface area contributed by atoms with E-state index >= 15 is 0 Å². The summed E-state index contributed by atoms with van der Waals surface area (Å²) >= 11 is 0. The van der Waals surface area contributed by atoms with Gasteiger partial charge in [-0.15, -0.1) is 0 Å². The van der Waals surface area contributed by atoms with Crippen molar-refractivity contribution in [3.63, 3.8) is 0 Å². The molecule has 1 saturated heterocycles. The molecule has 0 aromatic heterocycles. The van der Waals surface area contributed by atoms with Crippen LogP contribution in [0.2, 0.25) is 0 Å². The molecule has 36 heavy (non-hydrogen) atoms. The number of nitrogens with zero attached hydrogens (tertiary/aromatic N) is 1. The first kappa shape index (κ1) is 23.0. The van der Waals surface area contributed by atoms with Crippen LogP contribution >= 0.6 is 0 Å². The van der Waals surface area contributed by atoms with Crippen LogP contribution in [0.4, 0.5) is 5.69 Å². The van der Waals surface area contributed by atoms with Crippen LogP contribution in [0.5, 0.6) is 0 Å².